The Morgan fingerprint density at radius 2 is 1.81 bits per heavy atom. The van der Waals surface area contributed by atoms with Crippen LogP contribution in [0.15, 0.2) is 47.9 Å². The van der Waals surface area contributed by atoms with Crippen molar-refractivity contribution in [2.45, 2.75) is 19.3 Å². The summed E-state index contributed by atoms with van der Waals surface area (Å²) in [6.45, 7) is 1.65. The maximum Gasteiger partial charge on any atom is 0.253 e. The molecular formula is C20H21N3O2S2. The number of likely N-dealkylation sites (tertiary alicyclic amines) is 1. The third-order valence-electron chi connectivity index (χ3n) is 4.21. The Bertz CT molecular complexity index is 823. The maximum absolute atomic E-state index is 12.5. The third-order valence-corrected chi connectivity index (χ3v) is 5.25. The smallest absolute Gasteiger partial charge is 0.253 e. The Morgan fingerprint density at radius 3 is 2.48 bits per heavy atom. The standard InChI is InChI=1S/C20H21N3O2S2/c24-18(11-10-17-5-4-14-27-17)22-20(26)21-16-8-6-15(7-9-16)19(25)23-12-2-1-3-13-23/h4-11,14H,1-3,12-13H2,(H2,21,22,24,26)/b11-10+. The number of thiocarbonyl (C=S) groups is 1. The number of hydrogen-bond acceptors (Lipinski definition) is 4. The number of piperidine rings is 1. The number of anilines is 1. The van der Waals surface area contributed by atoms with Crippen molar-refractivity contribution in [3.05, 3.63) is 58.3 Å². The SMILES string of the molecule is O=C(/C=C/c1cccs1)NC(=S)Nc1ccc(C(=O)N2CCCCC2)cc1. The first-order chi connectivity index (χ1) is 13.1. The van der Waals surface area contributed by atoms with Gasteiger partial charge in [-0.3, -0.25) is 14.9 Å². The summed E-state index contributed by atoms with van der Waals surface area (Å²) in [6.07, 6.45) is 6.52. The second-order valence-electron chi connectivity index (χ2n) is 6.22. The van der Waals surface area contributed by atoms with Crippen LogP contribution in [0.1, 0.15) is 34.5 Å². The molecule has 0 bridgehead atoms. The van der Waals surface area contributed by atoms with E-state index in [0.717, 1.165) is 36.5 Å². The highest BCUT2D eigenvalue weighted by atomic mass is 32.1. The maximum atomic E-state index is 12.5. The zero-order chi connectivity index (χ0) is 19.1. The lowest BCUT2D eigenvalue weighted by Crippen LogP contribution is -2.35. The average Bonchev–Trinajstić information content (AvgIpc) is 3.21. The Hall–Kier alpha value is -2.51. The molecule has 2 aromatic rings. The van der Waals surface area contributed by atoms with E-state index < -0.39 is 0 Å². The van der Waals surface area contributed by atoms with Crippen LogP contribution in [0.25, 0.3) is 6.08 Å². The summed E-state index contributed by atoms with van der Waals surface area (Å²) in [4.78, 5) is 27.2. The molecule has 1 aromatic heterocycles. The Morgan fingerprint density at radius 1 is 1.07 bits per heavy atom. The van der Waals surface area contributed by atoms with Crippen LogP contribution in [0.3, 0.4) is 0 Å². The minimum absolute atomic E-state index is 0.0656. The van der Waals surface area contributed by atoms with Gasteiger partial charge in [-0.2, -0.15) is 0 Å². The molecule has 0 atom stereocenters. The Labute approximate surface area is 168 Å². The van der Waals surface area contributed by atoms with Crippen molar-refractivity contribution < 1.29 is 9.59 Å². The molecule has 140 valence electrons. The van der Waals surface area contributed by atoms with Crippen molar-refractivity contribution in [1.29, 1.82) is 0 Å². The number of nitrogens with zero attached hydrogens (tertiary/aromatic N) is 1. The van der Waals surface area contributed by atoms with Crippen LogP contribution in [0.4, 0.5) is 5.69 Å². The van der Waals surface area contributed by atoms with Gasteiger partial charge >= 0.3 is 0 Å². The summed E-state index contributed by atoms with van der Waals surface area (Å²) >= 11 is 6.72. The largest absolute Gasteiger partial charge is 0.339 e. The monoisotopic (exact) mass is 399 g/mol. The van der Waals surface area contributed by atoms with Crippen LogP contribution in [0.2, 0.25) is 0 Å². The molecule has 0 saturated carbocycles. The topological polar surface area (TPSA) is 61.4 Å². The summed E-state index contributed by atoms with van der Waals surface area (Å²) in [5.74, 6) is -0.228. The van der Waals surface area contributed by atoms with E-state index in [1.807, 2.05) is 22.4 Å². The molecular weight excluding hydrogens is 378 g/mol. The summed E-state index contributed by atoms with van der Waals surface area (Å²) in [5, 5.41) is 7.72. The second kappa shape index (κ2) is 9.43. The predicted octanol–water partition coefficient (Wildman–Crippen LogP) is 3.90. The van der Waals surface area contributed by atoms with Gasteiger partial charge in [0.15, 0.2) is 5.11 Å². The van der Waals surface area contributed by atoms with Gasteiger partial charge in [-0.1, -0.05) is 6.07 Å². The van der Waals surface area contributed by atoms with E-state index in [1.165, 1.54) is 12.5 Å². The molecule has 1 aromatic carbocycles. The number of benzene rings is 1. The fourth-order valence-corrected chi connectivity index (χ4v) is 3.67. The highest BCUT2D eigenvalue weighted by molar-refractivity contribution is 7.80. The number of rotatable bonds is 4. The van der Waals surface area contributed by atoms with Gasteiger partial charge in [0.25, 0.3) is 5.91 Å². The Kier molecular flexibility index (Phi) is 6.73. The fourth-order valence-electron chi connectivity index (χ4n) is 2.84. The van der Waals surface area contributed by atoms with Gasteiger partial charge in [-0.25, -0.2) is 0 Å². The quantitative estimate of drug-likeness (QED) is 0.605. The lowest BCUT2D eigenvalue weighted by atomic mass is 10.1. The van der Waals surface area contributed by atoms with Crippen molar-refractivity contribution in [3.8, 4) is 0 Å². The van der Waals surface area contributed by atoms with Gasteiger partial charge in [-0.05, 0) is 73.3 Å². The first kappa shape index (κ1) is 19.3. The molecule has 0 unspecified atom stereocenters. The van der Waals surface area contributed by atoms with E-state index in [1.54, 1.807) is 41.7 Å². The molecule has 1 fully saturated rings. The molecule has 27 heavy (non-hydrogen) atoms. The zero-order valence-corrected chi connectivity index (χ0v) is 16.4. The number of carbonyl (C=O) groups is 2. The lowest BCUT2D eigenvalue weighted by molar-refractivity contribution is -0.115. The molecule has 1 saturated heterocycles. The van der Waals surface area contributed by atoms with Gasteiger partial charge in [0.05, 0.1) is 0 Å². The minimum atomic E-state index is -0.294. The number of amides is 2. The molecule has 2 amide bonds. The lowest BCUT2D eigenvalue weighted by Gasteiger charge is -2.26. The van der Waals surface area contributed by atoms with Crippen molar-refractivity contribution >= 4 is 52.2 Å². The molecule has 3 rings (SSSR count). The highest BCUT2D eigenvalue weighted by Gasteiger charge is 2.17. The van der Waals surface area contributed by atoms with Gasteiger partial charge in [-0.15, -0.1) is 11.3 Å². The molecule has 7 heteroatoms. The van der Waals surface area contributed by atoms with Crippen molar-refractivity contribution in [3.63, 3.8) is 0 Å². The zero-order valence-electron chi connectivity index (χ0n) is 14.8. The van der Waals surface area contributed by atoms with Crippen LogP contribution in [0.5, 0.6) is 0 Å². The van der Waals surface area contributed by atoms with Gasteiger partial charge in [0, 0.05) is 35.3 Å². The first-order valence-corrected chi connectivity index (χ1v) is 10.1. The van der Waals surface area contributed by atoms with E-state index in [-0.39, 0.29) is 16.9 Å². The summed E-state index contributed by atoms with van der Waals surface area (Å²) in [5.41, 5.74) is 1.38. The molecule has 0 radical (unpaired) electrons. The number of carbonyl (C=O) groups excluding carboxylic acids is 2. The van der Waals surface area contributed by atoms with Crippen LogP contribution in [-0.4, -0.2) is 34.9 Å². The van der Waals surface area contributed by atoms with Crippen LogP contribution >= 0.6 is 23.6 Å². The predicted molar refractivity (Wildman–Crippen MR) is 114 cm³/mol. The van der Waals surface area contributed by atoms with Crippen LogP contribution in [0, 0.1) is 0 Å². The van der Waals surface area contributed by atoms with Gasteiger partial charge in [0.1, 0.15) is 0 Å². The summed E-state index contributed by atoms with van der Waals surface area (Å²) < 4.78 is 0. The molecule has 0 spiro atoms. The number of thiophene rings is 1. The van der Waals surface area contributed by atoms with E-state index in [0.29, 0.717) is 5.56 Å². The van der Waals surface area contributed by atoms with Gasteiger partial charge < -0.3 is 10.2 Å². The van der Waals surface area contributed by atoms with Crippen LogP contribution in [-0.2, 0) is 4.79 Å². The molecule has 5 nitrogen and oxygen atoms in total. The summed E-state index contributed by atoms with van der Waals surface area (Å²) in [6, 6.07) is 11.0. The third kappa shape index (κ3) is 5.74. The second-order valence-corrected chi connectivity index (χ2v) is 7.61. The van der Waals surface area contributed by atoms with Crippen LogP contribution < -0.4 is 10.6 Å². The number of hydrogen-bond donors (Lipinski definition) is 2. The first-order valence-electron chi connectivity index (χ1n) is 8.85. The molecule has 1 aliphatic heterocycles. The van der Waals surface area contributed by atoms with E-state index in [9.17, 15) is 9.59 Å². The van der Waals surface area contributed by atoms with Crippen molar-refractivity contribution in [1.82, 2.24) is 10.2 Å². The van der Waals surface area contributed by atoms with Crippen molar-refractivity contribution in [2.24, 2.45) is 0 Å². The minimum Gasteiger partial charge on any atom is -0.339 e. The fraction of sp³-hybridized carbons (Fsp3) is 0.250. The van der Waals surface area contributed by atoms with E-state index in [2.05, 4.69) is 10.6 Å². The molecule has 2 heterocycles. The van der Waals surface area contributed by atoms with E-state index in [4.69, 9.17) is 12.2 Å². The highest BCUT2D eigenvalue weighted by Crippen LogP contribution is 2.15. The average molecular weight is 400 g/mol. The molecule has 2 N–H and O–H groups in total. The van der Waals surface area contributed by atoms with Crippen molar-refractivity contribution in [2.75, 3.05) is 18.4 Å². The molecule has 0 aliphatic carbocycles. The Balaban J connectivity index is 1.50. The normalized spacial score (nSPS) is 14.1. The van der Waals surface area contributed by atoms with E-state index >= 15 is 0 Å². The summed E-state index contributed by atoms with van der Waals surface area (Å²) in [7, 11) is 0. The molecule has 1 aliphatic rings. The van der Waals surface area contributed by atoms with Gasteiger partial charge in [0.2, 0.25) is 5.91 Å². The number of nitrogens with one attached hydrogen (secondary N) is 2.